The van der Waals surface area contributed by atoms with E-state index in [2.05, 4.69) is 4.72 Å². The number of sulfonamides is 1. The van der Waals surface area contributed by atoms with Gasteiger partial charge in [0.25, 0.3) is 10.0 Å². The van der Waals surface area contributed by atoms with E-state index in [4.69, 9.17) is 17.3 Å². The van der Waals surface area contributed by atoms with Crippen LogP contribution < -0.4 is 10.5 Å². The molecular weight excluding hydrogens is 296 g/mol. The summed E-state index contributed by atoms with van der Waals surface area (Å²) in [5, 5.41) is 0.359. The Morgan fingerprint density at radius 1 is 1.15 bits per heavy atom. The summed E-state index contributed by atoms with van der Waals surface area (Å²) in [6, 6.07) is 11.6. The molecule has 0 aliphatic rings. The maximum absolute atomic E-state index is 12.3. The van der Waals surface area contributed by atoms with Gasteiger partial charge in [-0.3, -0.25) is 4.72 Å². The van der Waals surface area contributed by atoms with Gasteiger partial charge in [0, 0.05) is 6.54 Å². The molecule has 0 saturated carbocycles. The van der Waals surface area contributed by atoms with Crippen LogP contribution in [0, 0.1) is 6.92 Å². The number of aryl methyl sites for hydroxylation is 1. The second-order valence-corrected chi connectivity index (χ2v) is 6.53. The molecule has 0 fully saturated rings. The minimum absolute atomic E-state index is 0.173. The van der Waals surface area contributed by atoms with Crippen LogP contribution in [0.1, 0.15) is 11.1 Å². The van der Waals surface area contributed by atoms with E-state index in [1.807, 2.05) is 13.0 Å². The zero-order valence-electron chi connectivity index (χ0n) is 10.9. The van der Waals surface area contributed by atoms with Gasteiger partial charge in [0.05, 0.1) is 15.6 Å². The van der Waals surface area contributed by atoms with Crippen molar-refractivity contribution in [2.75, 3.05) is 4.72 Å². The van der Waals surface area contributed by atoms with E-state index >= 15 is 0 Å². The number of hydrogen-bond acceptors (Lipinski definition) is 3. The summed E-state index contributed by atoms with van der Waals surface area (Å²) in [5.41, 5.74) is 7.65. The smallest absolute Gasteiger partial charge is 0.261 e. The topological polar surface area (TPSA) is 72.2 Å². The van der Waals surface area contributed by atoms with E-state index in [1.54, 1.807) is 24.3 Å². The van der Waals surface area contributed by atoms with Crippen LogP contribution >= 0.6 is 11.6 Å². The minimum Gasteiger partial charge on any atom is -0.326 e. The highest BCUT2D eigenvalue weighted by molar-refractivity contribution is 7.92. The zero-order chi connectivity index (χ0) is 14.8. The van der Waals surface area contributed by atoms with Crippen molar-refractivity contribution in [1.29, 1.82) is 0 Å². The fourth-order valence-corrected chi connectivity index (χ4v) is 3.02. The Hall–Kier alpha value is -1.56. The molecule has 0 aliphatic carbocycles. The highest BCUT2D eigenvalue weighted by Gasteiger charge is 2.15. The Balaban J connectivity index is 2.32. The first kappa shape index (κ1) is 14.8. The molecule has 0 unspecified atom stereocenters. The molecule has 2 rings (SSSR count). The van der Waals surface area contributed by atoms with Crippen molar-refractivity contribution in [3.05, 3.63) is 58.6 Å². The molecule has 20 heavy (non-hydrogen) atoms. The van der Waals surface area contributed by atoms with Crippen LogP contribution in [-0.2, 0) is 16.6 Å². The molecule has 0 radical (unpaired) electrons. The van der Waals surface area contributed by atoms with E-state index in [1.165, 1.54) is 12.1 Å². The molecule has 2 aromatic rings. The molecule has 0 aliphatic heterocycles. The first-order valence-corrected chi connectivity index (χ1v) is 7.86. The lowest BCUT2D eigenvalue weighted by molar-refractivity contribution is 0.601. The van der Waals surface area contributed by atoms with Gasteiger partial charge in [-0.15, -0.1) is 0 Å². The van der Waals surface area contributed by atoms with Gasteiger partial charge in [0.1, 0.15) is 0 Å². The largest absolute Gasteiger partial charge is 0.326 e. The van der Waals surface area contributed by atoms with Gasteiger partial charge in [-0.25, -0.2) is 8.42 Å². The molecule has 0 atom stereocenters. The van der Waals surface area contributed by atoms with Crippen molar-refractivity contribution >= 4 is 27.3 Å². The highest BCUT2D eigenvalue weighted by atomic mass is 35.5. The van der Waals surface area contributed by atoms with Gasteiger partial charge in [-0.05, 0) is 42.3 Å². The van der Waals surface area contributed by atoms with E-state index in [-0.39, 0.29) is 4.90 Å². The zero-order valence-corrected chi connectivity index (χ0v) is 12.5. The first-order chi connectivity index (χ1) is 9.42. The monoisotopic (exact) mass is 310 g/mol. The van der Waals surface area contributed by atoms with Crippen molar-refractivity contribution < 1.29 is 8.42 Å². The summed E-state index contributed by atoms with van der Waals surface area (Å²) < 4.78 is 27.0. The molecule has 4 nitrogen and oxygen atoms in total. The van der Waals surface area contributed by atoms with Crippen LogP contribution in [0.2, 0.25) is 5.02 Å². The number of rotatable bonds is 4. The van der Waals surface area contributed by atoms with E-state index < -0.39 is 10.0 Å². The molecule has 106 valence electrons. The van der Waals surface area contributed by atoms with E-state index in [0.717, 1.165) is 11.1 Å². The lowest BCUT2D eigenvalue weighted by Crippen LogP contribution is -2.13. The predicted octanol–water partition coefficient (Wildman–Crippen LogP) is 2.91. The fourth-order valence-electron chi connectivity index (χ4n) is 1.73. The second-order valence-electron chi connectivity index (χ2n) is 4.44. The summed E-state index contributed by atoms with van der Waals surface area (Å²) in [5.74, 6) is 0. The molecule has 6 heteroatoms. The van der Waals surface area contributed by atoms with Crippen LogP contribution in [0.3, 0.4) is 0 Å². The Bertz CT molecular complexity index is 712. The molecule has 0 heterocycles. The third-order valence-electron chi connectivity index (χ3n) is 2.84. The third kappa shape index (κ3) is 3.30. The van der Waals surface area contributed by atoms with Crippen molar-refractivity contribution in [3.8, 4) is 0 Å². The van der Waals surface area contributed by atoms with Crippen molar-refractivity contribution in [2.45, 2.75) is 18.4 Å². The summed E-state index contributed by atoms with van der Waals surface area (Å²) in [6.45, 7) is 2.24. The summed E-state index contributed by atoms with van der Waals surface area (Å²) >= 11 is 5.99. The Labute approximate surface area is 123 Å². The molecule has 0 saturated heterocycles. The van der Waals surface area contributed by atoms with Gasteiger partial charge in [0.15, 0.2) is 0 Å². The normalized spacial score (nSPS) is 11.3. The number of benzene rings is 2. The standard InChI is InChI=1S/C14H15ClN2O2S/c1-10-2-7-13(15)14(8-10)17-20(18,19)12-5-3-11(9-16)4-6-12/h2-8,17H,9,16H2,1H3. The van der Waals surface area contributed by atoms with Crippen LogP contribution in [0.15, 0.2) is 47.4 Å². The minimum atomic E-state index is -3.65. The van der Waals surface area contributed by atoms with Crippen molar-refractivity contribution in [1.82, 2.24) is 0 Å². The molecular formula is C14H15ClN2O2S. The molecule has 3 N–H and O–H groups in total. The lowest BCUT2D eigenvalue weighted by atomic mass is 10.2. The molecule has 0 amide bonds. The van der Waals surface area contributed by atoms with Gasteiger partial charge in [-0.2, -0.15) is 0 Å². The molecule has 2 aromatic carbocycles. The number of nitrogens with two attached hydrogens (primary N) is 1. The SMILES string of the molecule is Cc1ccc(Cl)c(NS(=O)(=O)c2ccc(CN)cc2)c1. The Morgan fingerprint density at radius 3 is 2.40 bits per heavy atom. The molecule has 0 spiro atoms. The molecule has 0 bridgehead atoms. The third-order valence-corrected chi connectivity index (χ3v) is 4.55. The number of hydrogen-bond donors (Lipinski definition) is 2. The van der Waals surface area contributed by atoms with Gasteiger partial charge in [-0.1, -0.05) is 29.8 Å². The van der Waals surface area contributed by atoms with Crippen LogP contribution in [0.5, 0.6) is 0 Å². The first-order valence-electron chi connectivity index (χ1n) is 6.00. The summed E-state index contributed by atoms with van der Waals surface area (Å²) in [6.07, 6.45) is 0. The maximum Gasteiger partial charge on any atom is 0.261 e. The van der Waals surface area contributed by atoms with Crippen LogP contribution in [0.25, 0.3) is 0 Å². The number of nitrogens with one attached hydrogen (secondary N) is 1. The summed E-state index contributed by atoms with van der Waals surface area (Å²) in [7, 11) is -3.65. The van der Waals surface area contributed by atoms with Crippen molar-refractivity contribution in [3.63, 3.8) is 0 Å². The van der Waals surface area contributed by atoms with Gasteiger partial charge >= 0.3 is 0 Å². The second kappa shape index (κ2) is 5.83. The van der Waals surface area contributed by atoms with E-state index in [0.29, 0.717) is 17.3 Å². The number of anilines is 1. The summed E-state index contributed by atoms with van der Waals surface area (Å²) in [4.78, 5) is 0.173. The highest BCUT2D eigenvalue weighted by Crippen LogP contribution is 2.25. The van der Waals surface area contributed by atoms with Gasteiger partial charge < -0.3 is 5.73 Å². The van der Waals surface area contributed by atoms with E-state index in [9.17, 15) is 8.42 Å². The van der Waals surface area contributed by atoms with Crippen LogP contribution in [0.4, 0.5) is 5.69 Å². The Morgan fingerprint density at radius 2 is 1.80 bits per heavy atom. The fraction of sp³-hybridized carbons (Fsp3) is 0.143. The van der Waals surface area contributed by atoms with Gasteiger partial charge in [0.2, 0.25) is 0 Å². The van der Waals surface area contributed by atoms with Crippen molar-refractivity contribution in [2.24, 2.45) is 5.73 Å². The van der Waals surface area contributed by atoms with Crippen LogP contribution in [-0.4, -0.2) is 8.42 Å². The average Bonchev–Trinajstić information content (AvgIpc) is 2.43. The Kier molecular flexibility index (Phi) is 4.32. The average molecular weight is 311 g/mol. The quantitative estimate of drug-likeness (QED) is 0.912. The predicted molar refractivity (Wildman–Crippen MR) is 81.3 cm³/mol. The maximum atomic E-state index is 12.3. The molecule has 0 aromatic heterocycles. The number of halogens is 1. The lowest BCUT2D eigenvalue weighted by Gasteiger charge is -2.10.